The lowest BCUT2D eigenvalue weighted by Crippen LogP contribution is -2.42. The second-order valence-corrected chi connectivity index (χ2v) is 9.44. The van der Waals surface area contributed by atoms with Crippen molar-refractivity contribution in [1.82, 2.24) is 9.29 Å². The van der Waals surface area contributed by atoms with Crippen LogP contribution in [-0.4, -0.2) is 42.5 Å². The van der Waals surface area contributed by atoms with Crippen LogP contribution >= 0.6 is 22.9 Å². The molecule has 2 heterocycles. The molecule has 1 aliphatic rings. The number of rotatable bonds is 5. The Bertz CT molecular complexity index is 865. The van der Waals surface area contributed by atoms with Crippen molar-refractivity contribution in [2.24, 2.45) is 0 Å². The lowest BCUT2D eigenvalue weighted by atomic mass is 10.1. The second kappa shape index (κ2) is 7.41. The molecule has 1 aromatic carbocycles. The number of amides is 1. The summed E-state index contributed by atoms with van der Waals surface area (Å²) in [6.07, 6.45) is 4.76. The van der Waals surface area contributed by atoms with Crippen LogP contribution in [0.5, 0.6) is 0 Å². The van der Waals surface area contributed by atoms with Crippen molar-refractivity contribution in [1.29, 1.82) is 0 Å². The summed E-state index contributed by atoms with van der Waals surface area (Å²) in [6.45, 7) is 0.386. The number of thiazole rings is 1. The van der Waals surface area contributed by atoms with Gasteiger partial charge in [0.2, 0.25) is 15.9 Å². The Kier molecular flexibility index (Phi) is 5.43. The number of sulfonamides is 1. The van der Waals surface area contributed by atoms with Gasteiger partial charge in [0.25, 0.3) is 0 Å². The molecular formula is C16H18ClN3O3S2. The number of nitrogens with zero attached hydrogens (tertiary/aromatic N) is 2. The molecule has 25 heavy (non-hydrogen) atoms. The van der Waals surface area contributed by atoms with E-state index in [1.54, 1.807) is 6.20 Å². The molecule has 0 saturated carbocycles. The van der Waals surface area contributed by atoms with Gasteiger partial charge in [-0.1, -0.05) is 23.7 Å². The van der Waals surface area contributed by atoms with Gasteiger partial charge < -0.3 is 5.32 Å². The fraction of sp³-hybridized carbons (Fsp3) is 0.375. The third kappa shape index (κ3) is 4.58. The minimum Gasteiger partial charge on any atom is -0.301 e. The number of halogens is 1. The summed E-state index contributed by atoms with van der Waals surface area (Å²) < 4.78 is 24.8. The Morgan fingerprint density at radius 1 is 1.40 bits per heavy atom. The highest BCUT2D eigenvalue weighted by Gasteiger charge is 2.36. The lowest BCUT2D eigenvalue weighted by molar-refractivity contribution is -0.119. The number of carbonyl (C=O) groups is 1. The van der Waals surface area contributed by atoms with Crippen molar-refractivity contribution in [3.63, 3.8) is 0 Å². The molecule has 1 N–H and O–H groups in total. The van der Waals surface area contributed by atoms with E-state index in [2.05, 4.69) is 10.3 Å². The summed E-state index contributed by atoms with van der Waals surface area (Å²) in [6, 6.07) is 6.91. The number of nitrogens with one attached hydrogen (secondary N) is 1. The fourth-order valence-corrected chi connectivity index (χ4v) is 4.94. The molecule has 0 bridgehead atoms. The number of carbonyl (C=O) groups excluding carboxylic acids is 1. The van der Waals surface area contributed by atoms with Crippen LogP contribution in [0.3, 0.4) is 0 Å². The molecule has 1 saturated heterocycles. The van der Waals surface area contributed by atoms with Crippen molar-refractivity contribution in [2.75, 3.05) is 18.1 Å². The number of anilines is 1. The average molecular weight is 400 g/mol. The van der Waals surface area contributed by atoms with Crippen molar-refractivity contribution in [3.8, 4) is 0 Å². The Labute approximate surface area is 155 Å². The van der Waals surface area contributed by atoms with Crippen molar-refractivity contribution in [3.05, 3.63) is 45.9 Å². The van der Waals surface area contributed by atoms with E-state index in [0.29, 0.717) is 36.0 Å². The first-order chi connectivity index (χ1) is 11.8. The van der Waals surface area contributed by atoms with Gasteiger partial charge in [0.05, 0.1) is 6.26 Å². The molecule has 3 rings (SSSR count). The maximum atomic E-state index is 12.4. The number of benzene rings is 1. The molecule has 0 radical (unpaired) electrons. The number of hydrogen-bond donors (Lipinski definition) is 1. The van der Waals surface area contributed by atoms with Crippen LogP contribution in [0.25, 0.3) is 0 Å². The van der Waals surface area contributed by atoms with E-state index >= 15 is 0 Å². The van der Waals surface area contributed by atoms with E-state index in [9.17, 15) is 13.2 Å². The predicted molar refractivity (Wildman–Crippen MR) is 99.6 cm³/mol. The molecule has 1 amide bonds. The summed E-state index contributed by atoms with van der Waals surface area (Å²) in [5.74, 6) is -0.324. The van der Waals surface area contributed by atoms with Crippen molar-refractivity contribution < 1.29 is 13.2 Å². The first kappa shape index (κ1) is 18.3. The minimum absolute atomic E-state index is 0.324. The fourth-order valence-electron chi connectivity index (χ4n) is 2.84. The highest BCUT2D eigenvalue weighted by molar-refractivity contribution is 7.88. The number of hydrogen-bond acceptors (Lipinski definition) is 5. The summed E-state index contributed by atoms with van der Waals surface area (Å²) in [5.41, 5.74) is 1.10. The van der Waals surface area contributed by atoms with Gasteiger partial charge in [0.1, 0.15) is 6.04 Å². The monoisotopic (exact) mass is 399 g/mol. The molecule has 1 atom stereocenters. The zero-order chi connectivity index (χ0) is 18.0. The van der Waals surface area contributed by atoms with Gasteiger partial charge in [-0.05, 0) is 30.5 Å². The van der Waals surface area contributed by atoms with E-state index in [4.69, 9.17) is 11.6 Å². The van der Waals surface area contributed by atoms with Gasteiger partial charge in [0.15, 0.2) is 5.13 Å². The van der Waals surface area contributed by atoms with Gasteiger partial charge in [-0.3, -0.25) is 4.79 Å². The van der Waals surface area contributed by atoms with Gasteiger partial charge in [-0.25, -0.2) is 13.4 Å². The molecule has 6 nitrogen and oxygen atoms in total. The molecule has 2 aromatic rings. The Balaban J connectivity index is 1.65. The number of aromatic nitrogens is 1. The molecule has 134 valence electrons. The molecule has 1 aliphatic heterocycles. The van der Waals surface area contributed by atoms with E-state index in [1.807, 2.05) is 24.3 Å². The zero-order valence-electron chi connectivity index (χ0n) is 13.6. The van der Waals surface area contributed by atoms with Crippen LogP contribution in [0, 0.1) is 0 Å². The van der Waals surface area contributed by atoms with Crippen LogP contribution in [0.2, 0.25) is 5.02 Å². The summed E-state index contributed by atoms with van der Waals surface area (Å²) in [7, 11) is -3.38. The van der Waals surface area contributed by atoms with Crippen LogP contribution < -0.4 is 5.32 Å². The van der Waals surface area contributed by atoms with Crippen LogP contribution in [0.4, 0.5) is 5.13 Å². The molecule has 1 unspecified atom stereocenters. The van der Waals surface area contributed by atoms with Crippen LogP contribution in [0.15, 0.2) is 30.5 Å². The normalized spacial score (nSPS) is 18.4. The molecule has 1 fully saturated rings. The molecule has 9 heteroatoms. The average Bonchev–Trinajstić information content (AvgIpc) is 3.18. The van der Waals surface area contributed by atoms with Gasteiger partial charge >= 0.3 is 0 Å². The SMILES string of the molecule is CS(=O)(=O)N1CCCC1C(=O)Nc1ncc(Cc2ccc(Cl)cc2)s1. The largest absolute Gasteiger partial charge is 0.301 e. The lowest BCUT2D eigenvalue weighted by Gasteiger charge is -2.20. The van der Waals surface area contributed by atoms with E-state index in [-0.39, 0.29) is 5.91 Å². The highest BCUT2D eigenvalue weighted by Crippen LogP contribution is 2.25. The standard InChI is InChI=1S/C16H18ClN3O3S2/c1-25(22,23)20-8-2-3-14(20)15(21)19-16-18-10-13(24-16)9-11-4-6-12(17)7-5-11/h4-7,10,14H,2-3,8-9H2,1H3,(H,18,19,21). The Morgan fingerprint density at radius 3 is 2.80 bits per heavy atom. The second-order valence-electron chi connectivity index (χ2n) is 5.96. The molecule has 0 aliphatic carbocycles. The van der Waals surface area contributed by atoms with E-state index < -0.39 is 16.1 Å². The third-order valence-corrected chi connectivity index (χ3v) is 6.46. The van der Waals surface area contributed by atoms with Gasteiger partial charge in [0, 0.05) is 29.1 Å². The van der Waals surface area contributed by atoms with Gasteiger partial charge in [-0.15, -0.1) is 11.3 Å². The molecule has 1 aromatic heterocycles. The topological polar surface area (TPSA) is 79.4 Å². The van der Waals surface area contributed by atoms with Crippen molar-refractivity contribution in [2.45, 2.75) is 25.3 Å². The summed E-state index contributed by atoms with van der Waals surface area (Å²) in [4.78, 5) is 17.6. The predicted octanol–water partition coefficient (Wildman–Crippen LogP) is 2.75. The molecular weight excluding hydrogens is 382 g/mol. The van der Waals surface area contributed by atoms with Crippen LogP contribution in [0.1, 0.15) is 23.3 Å². The van der Waals surface area contributed by atoms with Crippen LogP contribution in [-0.2, 0) is 21.2 Å². The first-order valence-electron chi connectivity index (χ1n) is 7.80. The maximum Gasteiger partial charge on any atom is 0.244 e. The maximum absolute atomic E-state index is 12.4. The third-order valence-electron chi connectivity index (χ3n) is 4.01. The van der Waals surface area contributed by atoms with E-state index in [1.165, 1.54) is 15.6 Å². The Hall–Kier alpha value is -1.48. The summed E-state index contributed by atoms with van der Waals surface area (Å²) >= 11 is 7.26. The minimum atomic E-state index is -3.38. The van der Waals surface area contributed by atoms with Crippen molar-refractivity contribution >= 4 is 44.0 Å². The Morgan fingerprint density at radius 2 is 2.12 bits per heavy atom. The van der Waals surface area contributed by atoms with Gasteiger partial charge in [-0.2, -0.15) is 4.31 Å². The highest BCUT2D eigenvalue weighted by atomic mass is 35.5. The summed E-state index contributed by atoms with van der Waals surface area (Å²) in [5, 5.41) is 3.91. The quantitative estimate of drug-likeness (QED) is 0.838. The zero-order valence-corrected chi connectivity index (χ0v) is 16.0. The molecule has 0 spiro atoms. The first-order valence-corrected chi connectivity index (χ1v) is 10.8. The van der Waals surface area contributed by atoms with E-state index in [0.717, 1.165) is 16.7 Å². The smallest absolute Gasteiger partial charge is 0.244 e.